The van der Waals surface area contributed by atoms with Crippen molar-refractivity contribution in [3.63, 3.8) is 0 Å². The van der Waals surface area contributed by atoms with Gasteiger partial charge in [-0.1, -0.05) is 33.1 Å². The normalized spacial score (nSPS) is 19.3. The lowest BCUT2D eigenvalue weighted by Crippen LogP contribution is -2.51. The van der Waals surface area contributed by atoms with E-state index in [0.717, 1.165) is 32.1 Å². The largest absolute Gasteiger partial charge is 0.480 e. The molecule has 1 fully saturated rings. The summed E-state index contributed by atoms with van der Waals surface area (Å²) in [6, 6.07) is -0.808. The minimum atomic E-state index is -0.961. The van der Waals surface area contributed by atoms with Crippen molar-refractivity contribution in [2.75, 3.05) is 7.05 Å². The molecule has 2 amide bonds. The number of carboxylic acid groups (broad SMARTS) is 1. The first-order valence-corrected chi connectivity index (χ1v) is 6.73. The van der Waals surface area contributed by atoms with Crippen LogP contribution in [0.25, 0.3) is 0 Å². The summed E-state index contributed by atoms with van der Waals surface area (Å²) >= 11 is 0. The first kappa shape index (κ1) is 14.8. The summed E-state index contributed by atoms with van der Waals surface area (Å²) in [7, 11) is 1.75. The second-order valence-electron chi connectivity index (χ2n) is 5.20. The molecule has 0 radical (unpaired) electrons. The number of hydrogen-bond donors (Lipinski definition) is 2. The number of hydrogen-bond acceptors (Lipinski definition) is 2. The summed E-state index contributed by atoms with van der Waals surface area (Å²) in [5, 5.41) is 11.8. The number of carbonyl (C=O) groups excluding carboxylic acids is 1. The van der Waals surface area contributed by atoms with E-state index in [4.69, 9.17) is 5.11 Å². The van der Waals surface area contributed by atoms with Crippen LogP contribution in [0, 0.1) is 5.92 Å². The topological polar surface area (TPSA) is 69.6 Å². The Bertz CT molecular complexity index is 301. The molecular weight excluding hydrogens is 232 g/mol. The van der Waals surface area contributed by atoms with Crippen molar-refractivity contribution < 1.29 is 14.7 Å². The second-order valence-corrected chi connectivity index (χ2v) is 5.20. The Labute approximate surface area is 109 Å². The predicted octanol–water partition coefficient (Wildman–Crippen LogP) is 2.07. The van der Waals surface area contributed by atoms with Gasteiger partial charge < -0.3 is 15.3 Å². The lowest BCUT2D eigenvalue weighted by Gasteiger charge is -2.28. The minimum Gasteiger partial charge on any atom is -0.480 e. The van der Waals surface area contributed by atoms with E-state index in [1.807, 2.05) is 13.8 Å². The van der Waals surface area contributed by atoms with Crippen molar-refractivity contribution >= 4 is 12.0 Å². The van der Waals surface area contributed by atoms with Crippen LogP contribution in [0.2, 0.25) is 0 Å². The molecule has 2 atom stereocenters. The highest BCUT2D eigenvalue weighted by molar-refractivity contribution is 5.82. The number of urea groups is 1. The lowest BCUT2D eigenvalue weighted by atomic mass is 9.99. The molecule has 104 valence electrons. The number of rotatable bonds is 5. The minimum absolute atomic E-state index is 0.0663. The van der Waals surface area contributed by atoms with Crippen LogP contribution in [0.1, 0.15) is 46.0 Å². The van der Waals surface area contributed by atoms with E-state index in [1.165, 1.54) is 0 Å². The van der Waals surface area contributed by atoms with Gasteiger partial charge in [0, 0.05) is 13.1 Å². The summed E-state index contributed by atoms with van der Waals surface area (Å²) in [6.07, 6.45) is 5.06. The molecule has 0 aromatic carbocycles. The Hall–Kier alpha value is -1.26. The van der Waals surface area contributed by atoms with E-state index in [-0.39, 0.29) is 18.0 Å². The second kappa shape index (κ2) is 6.61. The first-order valence-electron chi connectivity index (χ1n) is 6.73. The Balaban J connectivity index is 2.57. The maximum atomic E-state index is 12.0. The number of amides is 2. The van der Waals surface area contributed by atoms with Crippen molar-refractivity contribution in [1.82, 2.24) is 10.2 Å². The summed E-state index contributed by atoms with van der Waals surface area (Å²) in [5.74, 6) is -1.03. The number of aliphatic carboxylic acids is 1. The zero-order valence-corrected chi connectivity index (χ0v) is 11.5. The van der Waals surface area contributed by atoms with Gasteiger partial charge in [0.1, 0.15) is 6.04 Å². The van der Waals surface area contributed by atoms with Gasteiger partial charge in [0.15, 0.2) is 0 Å². The maximum absolute atomic E-state index is 12.0. The Morgan fingerprint density at radius 2 is 1.94 bits per heavy atom. The molecule has 0 bridgehead atoms. The fourth-order valence-electron chi connectivity index (χ4n) is 2.38. The molecule has 1 aliphatic carbocycles. The van der Waals surface area contributed by atoms with E-state index in [2.05, 4.69) is 5.32 Å². The van der Waals surface area contributed by atoms with Gasteiger partial charge in [-0.05, 0) is 18.8 Å². The van der Waals surface area contributed by atoms with Gasteiger partial charge in [-0.25, -0.2) is 9.59 Å². The number of carboxylic acids is 1. The molecule has 0 aliphatic heterocycles. The summed E-state index contributed by atoms with van der Waals surface area (Å²) in [6.45, 7) is 3.77. The Morgan fingerprint density at radius 3 is 2.39 bits per heavy atom. The highest BCUT2D eigenvalue weighted by atomic mass is 16.4. The van der Waals surface area contributed by atoms with E-state index in [0.29, 0.717) is 0 Å². The lowest BCUT2D eigenvalue weighted by molar-refractivity contribution is -0.140. The molecule has 18 heavy (non-hydrogen) atoms. The highest BCUT2D eigenvalue weighted by Gasteiger charge is 2.29. The number of carbonyl (C=O) groups is 2. The van der Waals surface area contributed by atoms with Crippen LogP contribution >= 0.6 is 0 Å². The maximum Gasteiger partial charge on any atom is 0.326 e. The van der Waals surface area contributed by atoms with Crippen molar-refractivity contribution in [3.8, 4) is 0 Å². The fourth-order valence-corrected chi connectivity index (χ4v) is 2.38. The Morgan fingerprint density at radius 1 is 1.39 bits per heavy atom. The van der Waals surface area contributed by atoms with Crippen molar-refractivity contribution in [2.45, 2.75) is 58.0 Å². The molecule has 0 saturated heterocycles. The van der Waals surface area contributed by atoms with Crippen LogP contribution in [-0.4, -0.2) is 41.1 Å². The van der Waals surface area contributed by atoms with Crippen LogP contribution in [0.5, 0.6) is 0 Å². The third-order valence-electron chi connectivity index (χ3n) is 3.95. The molecule has 0 aromatic rings. The fraction of sp³-hybridized carbons (Fsp3) is 0.846. The number of nitrogens with zero attached hydrogens (tertiary/aromatic N) is 1. The zero-order valence-electron chi connectivity index (χ0n) is 11.5. The third kappa shape index (κ3) is 3.62. The molecule has 1 rings (SSSR count). The average Bonchev–Trinajstić information content (AvgIpc) is 2.87. The molecule has 5 nitrogen and oxygen atoms in total. The van der Waals surface area contributed by atoms with E-state index in [9.17, 15) is 9.59 Å². The van der Waals surface area contributed by atoms with Gasteiger partial charge in [-0.3, -0.25) is 0 Å². The quantitative estimate of drug-likeness (QED) is 0.791. The highest BCUT2D eigenvalue weighted by Crippen LogP contribution is 2.22. The predicted molar refractivity (Wildman–Crippen MR) is 69.4 cm³/mol. The van der Waals surface area contributed by atoms with Crippen LogP contribution in [0.4, 0.5) is 4.79 Å². The van der Waals surface area contributed by atoms with Gasteiger partial charge in [0.25, 0.3) is 0 Å². The van der Waals surface area contributed by atoms with E-state index in [1.54, 1.807) is 11.9 Å². The van der Waals surface area contributed by atoms with Crippen LogP contribution in [0.3, 0.4) is 0 Å². The first-order chi connectivity index (χ1) is 8.47. The van der Waals surface area contributed by atoms with Gasteiger partial charge in [-0.2, -0.15) is 0 Å². The van der Waals surface area contributed by atoms with Gasteiger partial charge in [0.05, 0.1) is 0 Å². The average molecular weight is 256 g/mol. The Kier molecular flexibility index (Phi) is 5.44. The van der Waals surface area contributed by atoms with Crippen molar-refractivity contribution in [1.29, 1.82) is 0 Å². The number of nitrogens with one attached hydrogen (secondary N) is 1. The van der Waals surface area contributed by atoms with Crippen molar-refractivity contribution in [3.05, 3.63) is 0 Å². The van der Waals surface area contributed by atoms with E-state index >= 15 is 0 Å². The molecule has 1 aliphatic rings. The van der Waals surface area contributed by atoms with Crippen molar-refractivity contribution in [2.24, 2.45) is 5.92 Å². The molecule has 0 aromatic heterocycles. The SMILES string of the molecule is CC[C@H](C)[C@H](NC(=O)N(C)C1CCCC1)C(=O)O. The molecule has 0 heterocycles. The standard InChI is InChI=1S/C13H24N2O3/c1-4-9(2)11(12(16)17)14-13(18)15(3)10-7-5-6-8-10/h9-11H,4-8H2,1-3H3,(H,14,18)(H,16,17)/t9-,11-/m0/s1. The van der Waals surface area contributed by atoms with E-state index < -0.39 is 12.0 Å². The molecular formula is C13H24N2O3. The van der Waals surface area contributed by atoms with Crippen LogP contribution in [-0.2, 0) is 4.79 Å². The molecule has 0 unspecified atom stereocenters. The smallest absolute Gasteiger partial charge is 0.326 e. The van der Waals surface area contributed by atoms with Crippen LogP contribution in [0.15, 0.2) is 0 Å². The summed E-state index contributed by atoms with van der Waals surface area (Å²) in [4.78, 5) is 24.8. The van der Waals surface area contributed by atoms with Gasteiger partial charge in [0.2, 0.25) is 0 Å². The monoisotopic (exact) mass is 256 g/mol. The summed E-state index contributed by atoms with van der Waals surface area (Å²) < 4.78 is 0. The zero-order chi connectivity index (χ0) is 13.7. The van der Waals surface area contributed by atoms with Crippen LogP contribution < -0.4 is 5.32 Å². The molecule has 0 spiro atoms. The molecule has 5 heteroatoms. The molecule has 2 N–H and O–H groups in total. The van der Waals surface area contributed by atoms with Gasteiger partial charge >= 0.3 is 12.0 Å². The van der Waals surface area contributed by atoms with Gasteiger partial charge in [-0.15, -0.1) is 0 Å². The third-order valence-corrected chi connectivity index (χ3v) is 3.95. The summed E-state index contributed by atoms with van der Waals surface area (Å²) in [5.41, 5.74) is 0. The molecule has 1 saturated carbocycles.